The Kier molecular flexibility index (Phi) is 8.03. The number of carbonyl (C=O) groups excluding carboxylic acids is 1. The molecule has 7 heteroatoms. The van der Waals surface area contributed by atoms with Crippen LogP contribution < -0.4 is 10.6 Å². The van der Waals surface area contributed by atoms with E-state index in [-0.39, 0.29) is 25.2 Å². The van der Waals surface area contributed by atoms with Gasteiger partial charge in [0, 0.05) is 18.0 Å². The third-order valence-corrected chi connectivity index (χ3v) is 4.04. The molecule has 0 aliphatic rings. The molecular weight excluding hydrogens is 312 g/mol. The molecule has 21 heavy (non-hydrogen) atoms. The smallest absolute Gasteiger partial charge is 0.315 e. The Bertz CT molecular complexity index is 440. The summed E-state index contributed by atoms with van der Waals surface area (Å²) in [5, 5.41) is 15.1. The molecular formula is C14H23ClN2O3S. The number of ether oxygens (including phenoxy) is 1. The molecule has 0 fully saturated rings. The maximum Gasteiger partial charge on any atom is 0.315 e. The molecule has 0 radical (unpaired) electrons. The maximum atomic E-state index is 11.7. The van der Waals surface area contributed by atoms with Crippen LogP contribution in [0.4, 0.5) is 4.79 Å². The second-order valence-corrected chi connectivity index (χ2v) is 7.05. The summed E-state index contributed by atoms with van der Waals surface area (Å²) in [6.07, 6.45) is -0.707. The Morgan fingerprint density at radius 2 is 2.10 bits per heavy atom. The lowest BCUT2D eigenvalue weighted by Crippen LogP contribution is -2.41. The molecule has 0 spiro atoms. The predicted molar refractivity (Wildman–Crippen MR) is 85.9 cm³/mol. The van der Waals surface area contributed by atoms with Gasteiger partial charge in [0.1, 0.15) is 0 Å². The van der Waals surface area contributed by atoms with Gasteiger partial charge in [-0.3, -0.25) is 0 Å². The number of hydrogen-bond acceptors (Lipinski definition) is 4. The first-order chi connectivity index (χ1) is 9.88. The standard InChI is InChI=1S/C14H23ClN2O3S/c1-9(2)7-20-8-11(18)6-16-14(19)17-10(3)12-4-5-13(15)21-12/h4-5,9-11,18H,6-8H2,1-3H3,(H2,16,17,19). The van der Waals surface area contributed by atoms with Crippen LogP contribution in [0.25, 0.3) is 0 Å². The summed E-state index contributed by atoms with van der Waals surface area (Å²) in [6.45, 7) is 6.92. The predicted octanol–water partition coefficient (Wildman–Crippen LogP) is 2.80. The number of aliphatic hydroxyl groups is 1. The molecule has 0 saturated carbocycles. The molecule has 2 amide bonds. The molecule has 0 bridgehead atoms. The second-order valence-electron chi connectivity index (χ2n) is 5.30. The van der Waals surface area contributed by atoms with E-state index in [0.29, 0.717) is 16.9 Å². The Labute approximate surface area is 134 Å². The van der Waals surface area contributed by atoms with Crippen LogP contribution in [0.2, 0.25) is 4.34 Å². The van der Waals surface area contributed by atoms with Crippen molar-refractivity contribution < 1.29 is 14.6 Å². The SMILES string of the molecule is CC(C)COCC(O)CNC(=O)NC(C)c1ccc(Cl)s1. The number of amides is 2. The lowest BCUT2D eigenvalue weighted by molar-refractivity contribution is 0.0272. The van der Waals surface area contributed by atoms with Crippen molar-refractivity contribution in [3.8, 4) is 0 Å². The number of hydrogen-bond donors (Lipinski definition) is 3. The van der Waals surface area contributed by atoms with Gasteiger partial charge in [0.2, 0.25) is 0 Å². The quantitative estimate of drug-likeness (QED) is 0.684. The Morgan fingerprint density at radius 1 is 1.38 bits per heavy atom. The molecule has 3 N–H and O–H groups in total. The third kappa shape index (κ3) is 7.66. The number of aliphatic hydroxyl groups excluding tert-OH is 1. The van der Waals surface area contributed by atoms with E-state index in [4.69, 9.17) is 16.3 Å². The topological polar surface area (TPSA) is 70.6 Å². The van der Waals surface area contributed by atoms with Gasteiger partial charge in [-0.25, -0.2) is 4.79 Å². The Hall–Kier alpha value is -0.820. The van der Waals surface area contributed by atoms with Crippen LogP contribution in [0.5, 0.6) is 0 Å². The highest BCUT2D eigenvalue weighted by Crippen LogP contribution is 2.26. The van der Waals surface area contributed by atoms with Crippen molar-refractivity contribution in [3.63, 3.8) is 0 Å². The van der Waals surface area contributed by atoms with Gasteiger partial charge in [0.05, 0.1) is 23.1 Å². The van der Waals surface area contributed by atoms with Crippen molar-refractivity contribution in [3.05, 3.63) is 21.3 Å². The van der Waals surface area contributed by atoms with Crippen LogP contribution in [0.3, 0.4) is 0 Å². The van der Waals surface area contributed by atoms with Crippen molar-refractivity contribution in [2.75, 3.05) is 19.8 Å². The summed E-state index contributed by atoms with van der Waals surface area (Å²) < 4.78 is 6.00. The highest BCUT2D eigenvalue weighted by Gasteiger charge is 2.12. The molecule has 5 nitrogen and oxygen atoms in total. The first-order valence-electron chi connectivity index (χ1n) is 6.94. The summed E-state index contributed by atoms with van der Waals surface area (Å²) in [4.78, 5) is 12.7. The molecule has 1 heterocycles. The zero-order chi connectivity index (χ0) is 15.8. The van der Waals surface area contributed by atoms with Gasteiger partial charge in [-0.05, 0) is 25.0 Å². The van der Waals surface area contributed by atoms with E-state index in [1.165, 1.54) is 11.3 Å². The summed E-state index contributed by atoms with van der Waals surface area (Å²) >= 11 is 7.29. The molecule has 0 aliphatic carbocycles. The fourth-order valence-electron chi connectivity index (χ4n) is 1.59. The van der Waals surface area contributed by atoms with E-state index in [1.54, 1.807) is 6.07 Å². The number of halogens is 1. The summed E-state index contributed by atoms with van der Waals surface area (Å²) in [7, 11) is 0. The number of thiophene rings is 1. The first kappa shape index (κ1) is 18.2. The highest BCUT2D eigenvalue weighted by molar-refractivity contribution is 7.16. The third-order valence-electron chi connectivity index (χ3n) is 2.63. The number of urea groups is 1. The fourth-order valence-corrected chi connectivity index (χ4v) is 2.65. The van der Waals surface area contributed by atoms with Crippen LogP contribution in [0.1, 0.15) is 31.7 Å². The van der Waals surface area contributed by atoms with Gasteiger partial charge >= 0.3 is 6.03 Å². The minimum Gasteiger partial charge on any atom is -0.389 e. The van der Waals surface area contributed by atoms with Crippen LogP contribution in [0.15, 0.2) is 12.1 Å². The second kappa shape index (κ2) is 9.25. The molecule has 120 valence electrons. The van der Waals surface area contributed by atoms with Gasteiger partial charge in [-0.2, -0.15) is 0 Å². The summed E-state index contributed by atoms with van der Waals surface area (Å²) in [6, 6.07) is 3.23. The molecule has 2 unspecified atom stereocenters. The van der Waals surface area contributed by atoms with Crippen molar-refractivity contribution in [1.82, 2.24) is 10.6 Å². The van der Waals surface area contributed by atoms with Crippen LogP contribution >= 0.6 is 22.9 Å². The number of nitrogens with one attached hydrogen (secondary N) is 2. The molecule has 2 atom stereocenters. The van der Waals surface area contributed by atoms with Gasteiger partial charge in [0.25, 0.3) is 0 Å². The average Bonchev–Trinajstić information content (AvgIpc) is 2.83. The van der Waals surface area contributed by atoms with Gasteiger partial charge in [0.15, 0.2) is 0 Å². The number of carbonyl (C=O) groups is 1. The molecule has 1 rings (SSSR count). The zero-order valence-corrected chi connectivity index (χ0v) is 14.1. The van der Waals surface area contributed by atoms with Crippen molar-refractivity contribution >= 4 is 29.0 Å². The van der Waals surface area contributed by atoms with Gasteiger partial charge in [-0.15, -0.1) is 11.3 Å². The zero-order valence-electron chi connectivity index (χ0n) is 12.6. The van der Waals surface area contributed by atoms with E-state index in [0.717, 1.165) is 4.88 Å². The Balaban J connectivity index is 2.21. The molecule has 1 aromatic rings. The molecule has 0 saturated heterocycles. The minimum atomic E-state index is -0.707. The lowest BCUT2D eigenvalue weighted by Gasteiger charge is -2.16. The van der Waals surface area contributed by atoms with E-state index in [2.05, 4.69) is 10.6 Å². The van der Waals surface area contributed by atoms with Crippen LogP contribution in [-0.2, 0) is 4.74 Å². The van der Waals surface area contributed by atoms with Crippen LogP contribution in [-0.4, -0.2) is 37.0 Å². The summed E-state index contributed by atoms with van der Waals surface area (Å²) in [5.74, 6) is 0.423. The molecule has 0 aliphatic heterocycles. The minimum absolute atomic E-state index is 0.128. The van der Waals surface area contributed by atoms with Crippen LogP contribution in [0, 0.1) is 5.92 Å². The summed E-state index contributed by atoms with van der Waals surface area (Å²) in [5.41, 5.74) is 0. The van der Waals surface area contributed by atoms with E-state index < -0.39 is 6.10 Å². The van der Waals surface area contributed by atoms with E-state index in [1.807, 2.05) is 26.8 Å². The van der Waals surface area contributed by atoms with Crippen molar-refractivity contribution in [2.24, 2.45) is 5.92 Å². The first-order valence-corrected chi connectivity index (χ1v) is 8.13. The fraction of sp³-hybridized carbons (Fsp3) is 0.643. The van der Waals surface area contributed by atoms with Crippen molar-refractivity contribution in [1.29, 1.82) is 0 Å². The molecule has 0 aromatic carbocycles. The average molecular weight is 335 g/mol. The van der Waals surface area contributed by atoms with Gasteiger partial charge in [-0.1, -0.05) is 25.4 Å². The Morgan fingerprint density at radius 3 is 2.67 bits per heavy atom. The largest absolute Gasteiger partial charge is 0.389 e. The van der Waals surface area contributed by atoms with Gasteiger partial charge < -0.3 is 20.5 Å². The molecule has 1 aromatic heterocycles. The van der Waals surface area contributed by atoms with E-state index in [9.17, 15) is 9.90 Å². The monoisotopic (exact) mass is 334 g/mol. The van der Waals surface area contributed by atoms with E-state index >= 15 is 0 Å². The lowest BCUT2D eigenvalue weighted by atomic mass is 10.2. The normalized spacial score (nSPS) is 14.0. The van der Waals surface area contributed by atoms with Crippen molar-refractivity contribution in [2.45, 2.75) is 32.9 Å². The number of rotatable bonds is 8. The maximum absolute atomic E-state index is 11.7. The highest BCUT2D eigenvalue weighted by atomic mass is 35.5.